The van der Waals surface area contributed by atoms with Crippen molar-refractivity contribution >= 4 is 20.0 Å². The predicted molar refractivity (Wildman–Crippen MR) is 87.8 cm³/mol. The van der Waals surface area contributed by atoms with E-state index >= 15 is 0 Å². The molecule has 0 bridgehead atoms. The van der Waals surface area contributed by atoms with Gasteiger partial charge in [-0.2, -0.15) is 4.31 Å². The van der Waals surface area contributed by atoms with Crippen LogP contribution in [-0.2, 0) is 20.0 Å². The van der Waals surface area contributed by atoms with Gasteiger partial charge in [0.15, 0.2) is 0 Å². The number of piperidine rings is 1. The first-order valence-electron chi connectivity index (χ1n) is 7.48. The quantitative estimate of drug-likeness (QED) is 0.786. The second-order valence-corrected chi connectivity index (χ2v) is 9.63. The highest BCUT2D eigenvalue weighted by molar-refractivity contribution is 7.89. The first kappa shape index (κ1) is 18.3. The Balaban J connectivity index is 2.26. The molecule has 0 amide bonds. The smallest absolute Gasteiger partial charge is 0.243 e. The van der Waals surface area contributed by atoms with Crippen LogP contribution in [0.5, 0.6) is 0 Å². The molecule has 0 radical (unpaired) electrons. The molecule has 0 saturated carbocycles. The van der Waals surface area contributed by atoms with Gasteiger partial charge < -0.3 is 5.73 Å². The summed E-state index contributed by atoms with van der Waals surface area (Å²) in [4.78, 5) is 0.129. The molecule has 1 aromatic rings. The Bertz CT molecular complexity index is 743. The van der Waals surface area contributed by atoms with Crippen molar-refractivity contribution in [2.45, 2.75) is 35.6 Å². The first-order chi connectivity index (χ1) is 10.7. The summed E-state index contributed by atoms with van der Waals surface area (Å²) in [5, 5.41) is 0. The van der Waals surface area contributed by atoms with Crippen molar-refractivity contribution in [3.05, 3.63) is 24.3 Å². The second kappa shape index (κ2) is 6.86. The van der Waals surface area contributed by atoms with Gasteiger partial charge in [-0.3, -0.25) is 0 Å². The monoisotopic (exact) mass is 361 g/mol. The van der Waals surface area contributed by atoms with E-state index < -0.39 is 20.0 Å². The topological polar surface area (TPSA) is 110 Å². The zero-order chi connectivity index (χ0) is 17.3. The number of nitrogens with zero attached hydrogens (tertiary/aromatic N) is 1. The van der Waals surface area contributed by atoms with Crippen LogP contribution < -0.4 is 10.5 Å². The highest BCUT2D eigenvalue weighted by Crippen LogP contribution is 2.25. The molecule has 1 aromatic carbocycles. The van der Waals surface area contributed by atoms with Crippen LogP contribution in [-0.4, -0.2) is 47.3 Å². The Hall–Kier alpha value is -1.00. The molecule has 23 heavy (non-hydrogen) atoms. The molecule has 2 rings (SSSR count). The summed E-state index contributed by atoms with van der Waals surface area (Å²) in [6.45, 7) is 2.75. The van der Waals surface area contributed by atoms with Crippen molar-refractivity contribution in [3.8, 4) is 0 Å². The summed E-state index contributed by atoms with van der Waals surface area (Å²) < 4.78 is 52.4. The van der Waals surface area contributed by atoms with Crippen molar-refractivity contribution in [3.63, 3.8) is 0 Å². The highest BCUT2D eigenvalue weighted by atomic mass is 32.2. The van der Waals surface area contributed by atoms with Crippen LogP contribution in [0.4, 0.5) is 0 Å². The zero-order valence-electron chi connectivity index (χ0n) is 13.3. The first-order valence-corrected chi connectivity index (χ1v) is 10.4. The number of benzene rings is 1. The van der Waals surface area contributed by atoms with E-state index in [4.69, 9.17) is 5.73 Å². The summed E-state index contributed by atoms with van der Waals surface area (Å²) in [6, 6.07) is 5.19. The third-order valence-corrected chi connectivity index (χ3v) is 7.51. The third-order valence-electron chi connectivity index (χ3n) is 4.20. The fourth-order valence-electron chi connectivity index (χ4n) is 2.68. The van der Waals surface area contributed by atoms with E-state index in [2.05, 4.69) is 4.72 Å². The Morgan fingerprint density at radius 1 is 1.17 bits per heavy atom. The van der Waals surface area contributed by atoms with Crippen molar-refractivity contribution in [1.82, 2.24) is 9.03 Å². The van der Waals surface area contributed by atoms with Crippen LogP contribution in [0.15, 0.2) is 34.1 Å². The molecular formula is C14H23N3O4S2. The van der Waals surface area contributed by atoms with Gasteiger partial charge in [0.25, 0.3) is 0 Å². The SMILES string of the molecule is CNS(=O)(=O)c1ccc(S(=O)(=O)N2CCCC(C(C)N)C2)cc1. The molecule has 0 aromatic heterocycles. The molecule has 1 saturated heterocycles. The van der Waals surface area contributed by atoms with Gasteiger partial charge in [-0.05, 0) is 57.0 Å². The fraction of sp³-hybridized carbons (Fsp3) is 0.571. The molecule has 2 atom stereocenters. The molecule has 1 fully saturated rings. The summed E-state index contributed by atoms with van der Waals surface area (Å²) in [5.74, 6) is 0.141. The van der Waals surface area contributed by atoms with E-state index in [1.165, 1.54) is 35.6 Å². The molecule has 3 N–H and O–H groups in total. The fourth-order valence-corrected chi connectivity index (χ4v) is 4.94. The maximum Gasteiger partial charge on any atom is 0.243 e. The lowest BCUT2D eigenvalue weighted by Crippen LogP contribution is -2.44. The van der Waals surface area contributed by atoms with Crippen LogP contribution in [0.2, 0.25) is 0 Å². The average Bonchev–Trinajstić information content (AvgIpc) is 2.55. The Kier molecular flexibility index (Phi) is 5.47. The van der Waals surface area contributed by atoms with Gasteiger partial charge in [0.2, 0.25) is 20.0 Å². The zero-order valence-corrected chi connectivity index (χ0v) is 14.9. The summed E-state index contributed by atoms with van der Waals surface area (Å²) in [6.07, 6.45) is 1.70. The maximum absolute atomic E-state index is 12.7. The minimum absolute atomic E-state index is 0.0334. The van der Waals surface area contributed by atoms with Gasteiger partial charge in [0, 0.05) is 19.1 Å². The maximum atomic E-state index is 12.7. The van der Waals surface area contributed by atoms with E-state index in [9.17, 15) is 16.8 Å². The van der Waals surface area contributed by atoms with Gasteiger partial charge in [-0.1, -0.05) is 0 Å². The number of sulfonamides is 2. The third kappa shape index (κ3) is 3.92. The molecule has 2 unspecified atom stereocenters. The normalized spacial score (nSPS) is 22.0. The van der Waals surface area contributed by atoms with E-state index in [-0.39, 0.29) is 21.8 Å². The van der Waals surface area contributed by atoms with Crippen molar-refractivity contribution in [1.29, 1.82) is 0 Å². The molecule has 130 valence electrons. The average molecular weight is 361 g/mol. The number of nitrogens with two attached hydrogens (primary N) is 1. The van der Waals surface area contributed by atoms with Crippen molar-refractivity contribution in [2.75, 3.05) is 20.1 Å². The number of nitrogens with one attached hydrogen (secondary N) is 1. The van der Waals surface area contributed by atoms with Gasteiger partial charge in [-0.15, -0.1) is 0 Å². The van der Waals surface area contributed by atoms with Crippen LogP contribution in [0, 0.1) is 5.92 Å². The minimum atomic E-state index is -3.63. The molecule has 7 nitrogen and oxygen atoms in total. The Morgan fingerprint density at radius 2 is 1.74 bits per heavy atom. The van der Waals surface area contributed by atoms with Crippen molar-refractivity contribution in [2.24, 2.45) is 11.7 Å². The lowest BCUT2D eigenvalue weighted by Gasteiger charge is -2.33. The number of rotatable bonds is 5. The van der Waals surface area contributed by atoms with E-state index in [0.29, 0.717) is 13.1 Å². The summed E-state index contributed by atoms with van der Waals surface area (Å²) in [5.41, 5.74) is 5.90. The van der Waals surface area contributed by atoms with Gasteiger partial charge in [-0.25, -0.2) is 21.6 Å². The van der Waals surface area contributed by atoms with E-state index in [1.807, 2.05) is 6.92 Å². The van der Waals surface area contributed by atoms with E-state index in [0.717, 1.165) is 12.8 Å². The second-order valence-electron chi connectivity index (χ2n) is 5.80. The lowest BCUT2D eigenvalue weighted by molar-refractivity contribution is 0.243. The summed E-state index contributed by atoms with van der Waals surface area (Å²) >= 11 is 0. The standard InChI is InChI=1S/C14H23N3O4S2/c1-11(15)12-4-3-9-17(10-12)23(20,21)14-7-5-13(6-8-14)22(18,19)16-2/h5-8,11-12,16H,3-4,9-10,15H2,1-2H3. The Morgan fingerprint density at radius 3 is 2.26 bits per heavy atom. The van der Waals surface area contributed by atoms with E-state index in [1.54, 1.807) is 0 Å². The summed E-state index contributed by atoms with van der Waals surface area (Å²) in [7, 11) is -5.91. The van der Waals surface area contributed by atoms with Gasteiger partial charge >= 0.3 is 0 Å². The highest BCUT2D eigenvalue weighted by Gasteiger charge is 2.31. The van der Waals surface area contributed by atoms with Crippen LogP contribution >= 0.6 is 0 Å². The van der Waals surface area contributed by atoms with Crippen molar-refractivity contribution < 1.29 is 16.8 Å². The van der Waals surface area contributed by atoms with Crippen LogP contribution in [0.1, 0.15) is 19.8 Å². The van der Waals surface area contributed by atoms with Crippen LogP contribution in [0.3, 0.4) is 0 Å². The number of hydrogen-bond donors (Lipinski definition) is 2. The van der Waals surface area contributed by atoms with Gasteiger partial charge in [0.1, 0.15) is 0 Å². The van der Waals surface area contributed by atoms with Gasteiger partial charge in [0.05, 0.1) is 9.79 Å². The largest absolute Gasteiger partial charge is 0.328 e. The lowest BCUT2D eigenvalue weighted by atomic mass is 9.93. The predicted octanol–water partition coefficient (Wildman–Crippen LogP) is 0.343. The molecule has 0 aliphatic carbocycles. The molecule has 0 spiro atoms. The molecule has 1 aliphatic rings. The molecule has 1 heterocycles. The number of hydrogen-bond acceptors (Lipinski definition) is 5. The molecular weight excluding hydrogens is 338 g/mol. The molecule has 9 heteroatoms. The Labute approximate surface area is 138 Å². The molecule has 1 aliphatic heterocycles. The minimum Gasteiger partial charge on any atom is -0.328 e. The van der Waals surface area contributed by atoms with Crippen LogP contribution in [0.25, 0.3) is 0 Å².